The second-order valence-corrected chi connectivity index (χ2v) is 7.78. The van der Waals surface area contributed by atoms with Crippen LogP contribution in [-0.2, 0) is 13.0 Å². The summed E-state index contributed by atoms with van der Waals surface area (Å²) in [6, 6.07) is 16.9. The minimum Gasteiger partial charge on any atom is -0.508 e. The standard InChI is InChI=1S/C24H29N5O3/c1-31-19-12-17(13-20(14-19)32-2)15-29-22(25)21-7-4-9-27-23(21)28(24(29)26)10-8-16-5-3-6-18(30)11-16/h3-7,9,11-14,22,24,30H,8,10,15,25-26H2,1-2H3. The van der Waals surface area contributed by atoms with E-state index in [1.807, 2.05) is 47.4 Å². The highest BCUT2D eigenvalue weighted by Gasteiger charge is 2.36. The Morgan fingerprint density at radius 3 is 2.41 bits per heavy atom. The maximum atomic E-state index is 9.79. The molecule has 2 unspecified atom stereocenters. The van der Waals surface area contributed by atoms with Gasteiger partial charge in [0.25, 0.3) is 0 Å². The van der Waals surface area contributed by atoms with E-state index >= 15 is 0 Å². The normalized spacial score (nSPS) is 18.3. The van der Waals surface area contributed by atoms with Crippen molar-refractivity contribution in [2.45, 2.75) is 25.4 Å². The van der Waals surface area contributed by atoms with E-state index in [-0.39, 0.29) is 5.75 Å². The van der Waals surface area contributed by atoms with Gasteiger partial charge in [-0.15, -0.1) is 0 Å². The van der Waals surface area contributed by atoms with Gasteiger partial charge in [-0.3, -0.25) is 5.73 Å². The van der Waals surface area contributed by atoms with Gasteiger partial charge in [-0.25, -0.2) is 9.88 Å². The number of benzene rings is 2. The Labute approximate surface area is 188 Å². The van der Waals surface area contributed by atoms with Crippen LogP contribution in [-0.4, -0.2) is 42.0 Å². The van der Waals surface area contributed by atoms with Crippen LogP contribution in [0.2, 0.25) is 0 Å². The van der Waals surface area contributed by atoms with Crippen molar-refractivity contribution in [2.24, 2.45) is 11.5 Å². The van der Waals surface area contributed by atoms with Gasteiger partial charge in [-0.1, -0.05) is 18.2 Å². The van der Waals surface area contributed by atoms with Gasteiger partial charge in [0.1, 0.15) is 29.4 Å². The van der Waals surface area contributed by atoms with Crippen LogP contribution in [0.5, 0.6) is 17.2 Å². The predicted octanol–water partition coefficient (Wildman–Crippen LogP) is 2.57. The first-order chi connectivity index (χ1) is 15.5. The predicted molar refractivity (Wildman–Crippen MR) is 123 cm³/mol. The van der Waals surface area contributed by atoms with Crippen molar-refractivity contribution in [3.63, 3.8) is 0 Å². The van der Waals surface area contributed by atoms with Gasteiger partial charge in [0.15, 0.2) is 0 Å². The van der Waals surface area contributed by atoms with Crippen LogP contribution in [0.15, 0.2) is 60.8 Å². The number of rotatable bonds is 7. The van der Waals surface area contributed by atoms with Crippen LogP contribution in [0.3, 0.4) is 0 Å². The molecule has 0 amide bonds. The SMILES string of the molecule is COc1cc(CN2C(N)c3cccnc3N(CCc3cccc(O)c3)C2N)cc(OC)c1. The molecule has 0 aliphatic carbocycles. The topological polar surface area (TPSA) is 110 Å². The summed E-state index contributed by atoms with van der Waals surface area (Å²) < 4.78 is 10.8. The van der Waals surface area contributed by atoms with Crippen molar-refractivity contribution in [1.29, 1.82) is 0 Å². The van der Waals surface area contributed by atoms with Crippen molar-refractivity contribution in [2.75, 3.05) is 25.7 Å². The van der Waals surface area contributed by atoms with Gasteiger partial charge in [0, 0.05) is 30.9 Å². The first-order valence-corrected chi connectivity index (χ1v) is 10.5. The van der Waals surface area contributed by atoms with E-state index in [2.05, 4.69) is 9.88 Å². The number of hydrogen-bond acceptors (Lipinski definition) is 8. The highest BCUT2D eigenvalue weighted by molar-refractivity contribution is 5.51. The number of nitrogens with two attached hydrogens (primary N) is 2. The zero-order valence-corrected chi connectivity index (χ0v) is 18.3. The molecule has 5 N–H and O–H groups in total. The number of pyridine rings is 1. The smallest absolute Gasteiger partial charge is 0.137 e. The molecule has 0 bridgehead atoms. The average molecular weight is 436 g/mol. The van der Waals surface area contributed by atoms with E-state index in [1.165, 1.54) is 0 Å². The molecule has 32 heavy (non-hydrogen) atoms. The number of methoxy groups -OCH3 is 2. The van der Waals surface area contributed by atoms with Gasteiger partial charge >= 0.3 is 0 Å². The van der Waals surface area contributed by atoms with Gasteiger partial charge in [0.05, 0.1) is 20.4 Å². The highest BCUT2D eigenvalue weighted by Crippen LogP contribution is 2.35. The number of fused-ring (bicyclic) bond motifs is 1. The molecule has 168 valence electrons. The number of nitrogens with zero attached hydrogens (tertiary/aromatic N) is 3. The molecule has 8 nitrogen and oxygen atoms in total. The van der Waals surface area contributed by atoms with Gasteiger partial charge in [-0.2, -0.15) is 0 Å². The molecular formula is C24H29N5O3. The summed E-state index contributed by atoms with van der Waals surface area (Å²) in [5.41, 5.74) is 16.3. The van der Waals surface area contributed by atoms with Crippen LogP contribution >= 0.6 is 0 Å². The minimum atomic E-state index is -0.484. The quantitative estimate of drug-likeness (QED) is 0.519. The zero-order valence-electron chi connectivity index (χ0n) is 18.3. The van der Waals surface area contributed by atoms with Crippen LogP contribution in [0.25, 0.3) is 0 Å². The Balaban J connectivity index is 1.63. The molecule has 3 aromatic rings. The summed E-state index contributed by atoms with van der Waals surface area (Å²) in [6.45, 7) is 1.13. The molecule has 0 radical (unpaired) electrons. The first-order valence-electron chi connectivity index (χ1n) is 10.5. The van der Waals surface area contributed by atoms with Crippen molar-refractivity contribution >= 4 is 5.82 Å². The van der Waals surface area contributed by atoms with E-state index in [1.54, 1.807) is 32.5 Å². The summed E-state index contributed by atoms with van der Waals surface area (Å²) in [4.78, 5) is 8.66. The Bertz CT molecular complexity index is 1050. The molecule has 1 aromatic heterocycles. The van der Waals surface area contributed by atoms with Crippen molar-refractivity contribution in [3.8, 4) is 17.2 Å². The van der Waals surface area contributed by atoms with Gasteiger partial charge in [0.2, 0.25) is 0 Å². The number of phenolic OH excluding ortho intramolecular Hbond substituents is 1. The Morgan fingerprint density at radius 1 is 0.969 bits per heavy atom. The minimum absolute atomic E-state index is 0.250. The number of ether oxygens (including phenoxy) is 2. The summed E-state index contributed by atoms with van der Waals surface area (Å²) >= 11 is 0. The van der Waals surface area contributed by atoms with Gasteiger partial charge in [-0.05, 0) is 47.9 Å². The number of phenols is 1. The highest BCUT2D eigenvalue weighted by atomic mass is 16.5. The fourth-order valence-corrected chi connectivity index (χ4v) is 4.09. The zero-order chi connectivity index (χ0) is 22.7. The van der Waals surface area contributed by atoms with Crippen molar-refractivity contribution < 1.29 is 14.6 Å². The first kappa shape index (κ1) is 21.9. The molecular weight excluding hydrogens is 406 g/mol. The molecule has 0 spiro atoms. The lowest BCUT2D eigenvalue weighted by Gasteiger charge is -2.46. The van der Waals surface area contributed by atoms with Crippen LogP contribution in [0, 0.1) is 0 Å². The van der Waals surface area contributed by atoms with Crippen LogP contribution in [0.4, 0.5) is 5.82 Å². The van der Waals surface area contributed by atoms with Crippen LogP contribution < -0.4 is 25.8 Å². The summed E-state index contributed by atoms with van der Waals surface area (Å²) in [6.07, 6.45) is 1.56. The molecule has 0 fully saturated rings. The van der Waals surface area contributed by atoms with Crippen molar-refractivity contribution in [3.05, 3.63) is 77.5 Å². The maximum Gasteiger partial charge on any atom is 0.137 e. The molecule has 1 aliphatic heterocycles. The second kappa shape index (κ2) is 9.44. The summed E-state index contributed by atoms with van der Waals surface area (Å²) in [5, 5.41) is 9.79. The number of aromatic nitrogens is 1. The third-order valence-electron chi connectivity index (χ3n) is 5.75. The van der Waals surface area contributed by atoms with E-state index in [0.29, 0.717) is 31.0 Å². The van der Waals surface area contributed by atoms with E-state index in [9.17, 15) is 5.11 Å². The third kappa shape index (κ3) is 4.47. The fraction of sp³-hybridized carbons (Fsp3) is 0.292. The third-order valence-corrected chi connectivity index (χ3v) is 5.75. The van der Waals surface area contributed by atoms with E-state index < -0.39 is 12.5 Å². The average Bonchev–Trinajstić information content (AvgIpc) is 2.81. The molecule has 4 rings (SSSR count). The van der Waals surface area contributed by atoms with Crippen LogP contribution in [0.1, 0.15) is 22.9 Å². The molecule has 2 aromatic carbocycles. The monoisotopic (exact) mass is 435 g/mol. The van der Waals surface area contributed by atoms with E-state index in [0.717, 1.165) is 22.5 Å². The molecule has 0 saturated heterocycles. The number of hydrogen-bond donors (Lipinski definition) is 3. The van der Waals surface area contributed by atoms with Gasteiger partial charge < -0.3 is 25.2 Å². The number of aromatic hydroxyl groups is 1. The Hall–Kier alpha value is -3.33. The molecule has 2 atom stereocenters. The summed E-state index contributed by atoms with van der Waals surface area (Å²) in [5.74, 6) is 2.45. The number of anilines is 1. The fourth-order valence-electron chi connectivity index (χ4n) is 4.09. The maximum absolute atomic E-state index is 9.79. The molecule has 0 saturated carbocycles. The van der Waals surface area contributed by atoms with E-state index in [4.69, 9.17) is 20.9 Å². The lowest BCUT2D eigenvalue weighted by atomic mass is 10.1. The summed E-state index contributed by atoms with van der Waals surface area (Å²) in [7, 11) is 3.25. The Kier molecular flexibility index (Phi) is 6.45. The Morgan fingerprint density at radius 2 is 1.72 bits per heavy atom. The molecule has 8 heteroatoms. The largest absolute Gasteiger partial charge is 0.508 e. The lowest BCUT2D eigenvalue weighted by Crippen LogP contribution is -2.60. The second-order valence-electron chi connectivity index (χ2n) is 7.78. The van der Waals surface area contributed by atoms with Crippen molar-refractivity contribution in [1.82, 2.24) is 9.88 Å². The molecule has 2 heterocycles. The molecule has 1 aliphatic rings. The lowest BCUT2D eigenvalue weighted by molar-refractivity contribution is 0.112.